The van der Waals surface area contributed by atoms with E-state index in [0.717, 1.165) is 47.9 Å². The van der Waals surface area contributed by atoms with Crippen LogP contribution in [-0.4, -0.2) is 40.7 Å². The number of hydrogen-bond donors (Lipinski definition) is 0. The molecule has 1 saturated heterocycles. The van der Waals surface area contributed by atoms with Gasteiger partial charge in [-0.15, -0.1) is 0 Å². The average Bonchev–Trinajstić information content (AvgIpc) is 3.46. The van der Waals surface area contributed by atoms with Crippen LogP contribution in [0, 0.1) is 0 Å². The van der Waals surface area contributed by atoms with Crippen molar-refractivity contribution in [2.75, 3.05) is 13.1 Å². The van der Waals surface area contributed by atoms with Crippen LogP contribution in [0.5, 0.6) is 0 Å². The van der Waals surface area contributed by atoms with E-state index >= 15 is 0 Å². The molecule has 2 aromatic carbocycles. The first-order valence-electron chi connectivity index (χ1n) is 11.9. The maximum Gasteiger partial charge on any atom is 0.278 e. The number of rotatable bonds is 5. The number of nitrogens with zero attached hydrogens (tertiary/aromatic N) is 3. The maximum absolute atomic E-state index is 13.7. The van der Waals surface area contributed by atoms with E-state index in [9.17, 15) is 4.79 Å². The Kier molecular flexibility index (Phi) is 6.42. The monoisotopic (exact) mass is 447 g/mol. The molecule has 0 N–H and O–H groups in total. The standard InChI is InChI=1S/C27H30ClN3O/c28-22-15-13-21(14-16-22)25(30-17-7-8-18-30)26-29-24(19-20-9-3-1-4-10-20)27(32)31(26)23-11-5-2-6-12-23/h1,3-4,9-10,13-16,19,23,25H,2,5-8,11-12,17-18H2/b24-19-. The third-order valence-electron chi connectivity index (χ3n) is 6.90. The number of carbonyl (C=O) groups excluding carboxylic acids is 1. The van der Waals surface area contributed by atoms with Crippen LogP contribution >= 0.6 is 11.6 Å². The maximum atomic E-state index is 13.7. The Bertz CT molecular complexity index is 1000. The molecule has 2 heterocycles. The molecule has 2 aliphatic heterocycles. The molecule has 1 unspecified atom stereocenters. The molecule has 0 radical (unpaired) electrons. The number of carbonyl (C=O) groups is 1. The van der Waals surface area contributed by atoms with E-state index < -0.39 is 0 Å². The summed E-state index contributed by atoms with van der Waals surface area (Å²) in [4.78, 5) is 23.3. The SMILES string of the molecule is O=C1/C(=C/c2ccccc2)N=C(C(c2ccc(Cl)cc2)N2CCCC2)N1C1CCCCC1. The Morgan fingerprint density at radius 1 is 0.906 bits per heavy atom. The Labute approximate surface area is 195 Å². The van der Waals surface area contributed by atoms with Crippen LogP contribution in [0.3, 0.4) is 0 Å². The lowest BCUT2D eigenvalue weighted by Crippen LogP contribution is -2.47. The highest BCUT2D eigenvalue weighted by Crippen LogP contribution is 2.36. The topological polar surface area (TPSA) is 35.9 Å². The Hall–Kier alpha value is -2.43. The fourth-order valence-corrected chi connectivity index (χ4v) is 5.43. The summed E-state index contributed by atoms with van der Waals surface area (Å²) in [6, 6.07) is 18.3. The van der Waals surface area contributed by atoms with Crippen molar-refractivity contribution in [2.45, 2.75) is 57.0 Å². The normalized spacial score (nSPS) is 22.5. The predicted octanol–water partition coefficient (Wildman–Crippen LogP) is 6.09. The van der Waals surface area contributed by atoms with Gasteiger partial charge in [0.2, 0.25) is 0 Å². The minimum atomic E-state index is -0.0256. The van der Waals surface area contributed by atoms with Crippen LogP contribution < -0.4 is 0 Å². The molecule has 1 amide bonds. The Morgan fingerprint density at radius 2 is 1.59 bits per heavy atom. The third kappa shape index (κ3) is 4.39. The molecule has 166 valence electrons. The summed E-state index contributed by atoms with van der Waals surface area (Å²) in [7, 11) is 0. The van der Waals surface area contributed by atoms with E-state index in [4.69, 9.17) is 16.6 Å². The largest absolute Gasteiger partial charge is 0.290 e. The number of benzene rings is 2. The number of amidine groups is 1. The van der Waals surface area contributed by atoms with Gasteiger partial charge in [-0.25, -0.2) is 4.99 Å². The molecule has 32 heavy (non-hydrogen) atoms. The van der Waals surface area contributed by atoms with Crippen LogP contribution in [0.25, 0.3) is 6.08 Å². The zero-order valence-electron chi connectivity index (χ0n) is 18.4. The van der Waals surface area contributed by atoms with Crippen molar-refractivity contribution in [1.29, 1.82) is 0 Å². The minimum absolute atomic E-state index is 0.0256. The molecule has 0 aromatic heterocycles. The van der Waals surface area contributed by atoms with Gasteiger partial charge < -0.3 is 0 Å². The van der Waals surface area contributed by atoms with Crippen molar-refractivity contribution in [3.05, 3.63) is 76.4 Å². The smallest absolute Gasteiger partial charge is 0.278 e. The van der Waals surface area contributed by atoms with Gasteiger partial charge in [0.15, 0.2) is 0 Å². The summed E-state index contributed by atoms with van der Waals surface area (Å²) in [5.74, 6) is 0.946. The average molecular weight is 448 g/mol. The lowest BCUT2D eigenvalue weighted by Gasteiger charge is -2.37. The number of hydrogen-bond acceptors (Lipinski definition) is 3. The summed E-state index contributed by atoms with van der Waals surface area (Å²) in [5, 5.41) is 0.729. The van der Waals surface area contributed by atoms with Crippen LogP contribution in [0.1, 0.15) is 62.1 Å². The van der Waals surface area contributed by atoms with E-state index in [1.54, 1.807) is 0 Å². The molecule has 5 heteroatoms. The summed E-state index contributed by atoms with van der Waals surface area (Å²) in [6.45, 7) is 2.05. The predicted molar refractivity (Wildman–Crippen MR) is 131 cm³/mol. The van der Waals surface area contributed by atoms with Crippen molar-refractivity contribution in [2.24, 2.45) is 4.99 Å². The van der Waals surface area contributed by atoms with Gasteiger partial charge in [0.05, 0.1) is 6.04 Å². The zero-order valence-corrected chi connectivity index (χ0v) is 19.2. The molecule has 3 aliphatic rings. The van der Waals surface area contributed by atoms with Gasteiger partial charge in [-0.1, -0.05) is 73.3 Å². The molecule has 1 atom stereocenters. The molecule has 1 aliphatic carbocycles. The second kappa shape index (κ2) is 9.60. The van der Waals surface area contributed by atoms with Crippen LogP contribution in [-0.2, 0) is 4.79 Å². The summed E-state index contributed by atoms with van der Waals surface area (Å²) >= 11 is 6.21. The molecule has 4 nitrogen and oxygen atoms in total. The van der Waals surface area contributed by atoms with Crippen LogP contribution in [0.2, 0.25) is 5.02 Å². The summed E-state index contributed by atoms with van der Waals surface area (Å²) in [5.41, 5.74) is 2.72. The molecular weight excluding hydrogens is 418 g/mol. The zero-order chi connectivity index (χ0) is 21.9. The highest BCUT2D eigenvalue weighted by Gasteiger charge is 2.42. The van der Waals surface area contributed by atoms with Gasteiger partial charge >= 0.3 is 0 Å². The van der Waals surface area contributed by atoms with Gasteiger partial charge in [-0.2, -0.15) is 0 Å². The van der Waals surface area contributed by atoms with Crippen molar-refractivity contribution in [1.82, 2.24) is 9.80 Å². The lowest BCUT2D eigenvalue weighted by atomic mass is 9.93. The second-order valence-electron chi connectivity index (χ2n) is 9.07. The van der Waals surface area contributed by atoms with Crippen molar-refractivity contribution in [3.63, 3.8) is 0 Å². The first-order valence-corrected chi connectivity index (χ1v) is 12.3. The van der Waals surface area contributed by atoms with E-state index in [2.05, 4.69) is 17.0 Å². The Morgan fingerprint density at radius 3 is 2.28 bits per heavy atom. The number of aliphatic imine (C=N–C) groups is 1. The second-order valence-corrected chi connectivity index (χ2v) is 9.51. The van der Waals surface area contributed by atoms with Gasteiger partial charge in [0, 0.05) is 11.1 Å². The van der Waals surface area contributed by atoms with Crippen LogP contribution in [0.15, 0.2) is 65.3 Å². The molecule has 0 spiro atoms. The van der Waals surface area contributed by atoms with Crippen molar-refractivity contribution < 1.29 is 4.79 Å². The van der Waals surface area contributed by atoms with E-state index in [1.807, 2.05) is 53.4 Å². The molecule has 2 fully saturated rings. The Balaban J connectivity index is 1.59. The van der Waals surface area contributed by atoms with Gasteiger partial charge in [0.1, 0.15) is 11.5 Å². The lowest BCUT2D eigenvalue weighted by molar-refractivity contribution is -0.124. The number of likely N-dealkylation sites (tertiary alicyclic amines) is 1. The number of amides is 1. The fraction of sp³-hybridized carbons (Fsp3) is 0.407. The van der Waals surface area contributed by atoms with Crippen molar-refractivity contribution >= 4 is 29.4 Å². The van der Waals surface area contributed by atoms with E-state index in [0.29, 0.717) is 5.70 Å². The third-order valence-corrected chi connectivity index (χ3v) is 7.15. The quantitative estimate of drug-likeness (QED) is 0.520. The fourth-order valence-electron chi connectivity index (χ4n) is 5.31. The highest BCUT2D eigenvalue weighted by molar-refractivity contribution is 6.30. The van der Waals surface area contributed by atoms with Gasteiger partial charge in [-0.3, -0.25) is 14.6 Å². The number of halogens is 1. The molecule has 2 aromatic rings. The first kappa shape index (κ1) is 21.4. The van der Waals surface area contributed by atoms with Gasteiger partial charge in [-0.05, 0) is 68.1 Å². The van der Waals surface area contributed by atoms with E-state index in [-0.39, 0.29) is 18.0 Å². The van der Waals surface area contributed by atoms with Crippen LogP contribution in [0.4, 0.5) is 0 Å². The summed E-state index contributed by atoms with van der Waals surface area (Å²) in [6.07, 6.45) is 10.0. The first-order chi connectivity index (χ1) is 15.7. The van der Waals surface area contributed by atoms with E-state index in [1.165, 1.54) is 32.1 Å². The minimum Gasteiger partial charge on any atom is -0.290 e. The summed E-state index contributed by atoms with van der Waals surface area (Å²) < 4.78 is 0. The molecule has 5 rings (SSSR count). The van der Waals surface area contributed by atoms with Crippen molar-refractivity contribution in [3.8, 4) is 0 Å². The highest BCUT2D eigenvalue weighted by atomic mass is 35.5. The van der Waals surface area contributed by atoms with Gasteiger partial charge in [0.25, 0.3) is 5.91 Å². The molecule has 0 bridgehead atoms. The molecular formula is C27H30ClN3O. The molecule has 1 saturated carbocycles.